The molecule has 1 N–H and O–H groups in total. The molecule has 2 nitrogen and oxygen atoms in total. The molecule has 2 heteroatoms. The first-order valence-electron chi connectivity index (χ1n) is 5.85. The molecule has 16 heavy (non-hydrogen) atoms. The van der Waals surface area contributed by atoms with Gasteiger partial charge < -0.3 is 5.11 Å². The third-order valence-corrected chi connectivity index (χ3v) is 3.33. The van der Waals surface area contributed by atoms with Gasteiger partial charge in [0.05, 0.1) is 6.10 Å². The average Bonchev–Trinajstić information content (AvgIpc) is 3.12. The predicted octanol–water partition coefficient (Wildman–Crippen LogP) is 3.07. The summed E-state index contributed by atoms with van der Waals surface area (Å²) in [6, 6.07) is 8.04. The molecular weight excluding hydrogens is 198 g/mol. The van der Waals surface area contributed by atoms with Gasteiger partial charge in [-0.1, -0.05) is 31.0 Å². The maximum atomic E-state index is 10.2. The fourth-order valence-electron chi connectivity index (χ4n) is 2.23. The van der Waals surface area contributed by atoms with Gasteiger partial charge in [-0.2, -0.15) is 0 Å². The van der Waals surface area contributed by atoms with Crippen molar-refractivity contribution < 1.29 is 5.11 Å². The molecule has 1 atom stereocenters. The maximum absolute atomic E-state index is 10.2. The van der Waals surface area contributed by atoms with E-state index in [1.165, 1.54) is 12.8 Å². The lowest BCUT2D eigenvalue weighted by atomic mass is 9.98. The molecule has 1 heterocycles. The van der Waals surface area contributed by atoms with Gasteiger partial charge in [0, 0.05) is 17.8 Å². The number of aliphatic hydroxyl groups is 1. The van der Waals surface area contributed by atoms with Gasteiger partial charge in [0.25, 0.3) is 0 Å². The van der Waals surface area contributed by atoms with Crippen molar-refractivity contribution in [3.8, 4) is 0 Å². The van der Waals surface area contributed by atoms with Gasteiger partial charge in [0.1, 0.15) is 0 Å². The van der Waals surface area contributed by atoms with Crippen molar-refractivity contribution in [1.82, 2.24) is 4.98 Å². The Morgan fingerprint density at radius 2 is 2.19 bits per heavy atom. The van der Waals surface area contributed by atoms with Gasteiger partial charge in [-0.05, 0) is 29.4 Å². The Morgan fingerprint density at radius 3 is 3.00 bits per heavy atom. The number of rotatable bonds is 3. The van der Waals surface area contributed by atoms with Crippen LogP contribution in [0.5, 0.6) is 0 Å². The molecular formula is C14H15NO. The molecule has 1 fully saturated rings. The van der Waals surface area contributed by atoms with E-state index in [0.29, 0.717) is 0 Å². The normalized spacial score (nSPS) is 17.6. The Hall–Kier alpha value is -1.41. The minimum atomic E-state index is -0.321. The number of hydrogen-bond acceptors (Lipinski definition) is 2. The van der Waals surface area contributed by atoms with E-state index in [1.54, 1.807) is 6.20 Å². The van der Waals surface area contributed by atoms with Crippen LogP contribution in [-0.4, -0.2) is 10.1 Å². The maximum Gasteiger partial charge on any atom is 0.0798 e. The number of pyridine rings is 1. The molecule has 1 aliphatic rings. The summed E-state index contributed by atoms with van der Waals surface area (Å²) in [5, 5.41) is 12.4. The molecule has 1 aromatic heterocycles. The van der Waals surface area contributed by atoms with E-state index in [2.05, 4.69) is 4.98 Å². The first kappa shape index (κ1) is 9.79. The van der Waals surface area contributed by atoms with Crippen molar-refractivity contribution >= 4 is 10.8 Å². The summed E-state index contributed by atoms with van der Waals surface area (Å²) in [6.45, 7) is 0. The molecule has 82 valence electrons. The van der Waals surface area contributed by atoms with Crippen LogP contribution in [0.2, 0.25) is 0 Å². The molecule has 3 rings (SSSR count). The Bertz CT molecular complexity index is 500. The summed E-state index contributed by atoms with van der Waals surface area (Å²) in [5.74, 6) is 0.743. The van der Waals surface area contributed by atoms with Gasteiger partial charge in [0.15, 0.2) is 0 Å². The van der Waals surface area contributed by atoms with Crippen LogP contribution in [-0.2, 0) is 0 Å². The Morgan fingerprint density at radius 1 is 1.31 bits per heavy atom. The zero-order valence-corrected chi connectivity index (χ0v) is 9.13. The third kappa shape index (κ3) is 1.81. The van der Waals surface area contributed by atoms with Gasteiger partial charge in [-0.25, -0.2) is 0 Å². The van der Waals surface area contributed by atoms with Crippen LogP contribution in [0.1, 0.15) is 30.9 Å². The summed E-state index contributed by atoms with van der Waals surface area (Å²) in [5.41, 5.74) is 1.05. The first-order valence-corrected chi connectivity index (χ1v) is 5.85. The van der Waals surface area contributed by atoms with Crippen LogP contribution in [0, 0.1) is 5.92 Å². The molecule has 1 aromatic carbocycles. The lowest BCUT2D eigenvalue weighted by molar-refractivity contribution is 0.162. The van der Waals surface area contributed by atoms with Crippen molar-refractivity contribution in [3.63, 3.8) is 0 Å². The summed E-state index contributed by atoms with van der Waals surface area (Å²) < 4.78 is 0. The largest absolute Gasteiger partial charge is 0.388 e. The van der Waals surface area contributed by atoms with E-state index in [-0.39, 0.29) is 6.10 Å². The second kappa shape index (κ2) is 3.87. The van der Waals surface area contributed by atoms with Crippen LogP contribution >= 0.6 is 0 Å². The van der Waals surface area contributed by atoms with Crippen LogP contribution in [0.4, 0.5) is 0 Å². The molecule has 0 spiro atoms. The van der Waals surface area contributed by atoms with Crippen molar-refractivity contribution in [1.29, 1.82) is 0 Å². The standard InChI is InChI=1S/C14H15NO/c16-14(8-10-4-5-10)13-3-1-2-11-9-15-7-6-12(11)13/h1-3,6-7,9-10,14,16H,4-5,8H2. The van der Waals surface area contributed by atoms with E-state index in [1.807, 2.05) is 30.5 Å². The van der Waals surface area contributed by atoms with Gasteiger partial charge in [-0.15, -0.1) is 0 Å². The van der Waals surface area contributed by atoms with Gasteiger partial charge >= 0.3 is 0 Å². The van der Waals surface area contributed by atoms with E-state index in [0.717, 1.165) is 28.7 Å². The monoisotopic (exact) mass is 213 g/mol. The van der Waals surface area contributed by atoms with Crippen LogP contribution in [0.15, 0.2) is 36.7 Å². The molecule has 1 aliphatic carbocycles. The Balaban J connectivity index is 2.00. The minimum Gasteiger partial charge on any atom is -0.388 e. The quantitative estimate of drug-likeness (QED) is 0.850. The van der Waals surface area contributed by atoms with E-state index < -0.39 is 0 Å². The highest BCUT2D eigenvalue weighted by atomic mass is 16.3. The van der Waals surface area contributed by atoms with E-state index in [9.17, 15) is 5.11 Å². The van der Waals surface area contributed by atoms with Crippen LogP contribution in [0.25, 0.3) is 10.8 Å². The average molecular weight is 213 g/mol. The molecule has 0 saturated heterocycles. The number of nitrogens with zero attached hydrogens (tertiary/aromatic N) is 1. The van der Waals surface area contributed by atoms with Crippen molar-refractivity contribution in [3.05, 3.63) is 42.2 Å². The summed E-state index contributed by atoms with van der Waals surface area (Å²) >= 11 is 0. The van der Waals surface area contributed by atoms with Crippen molar-refractivity contribution in [2.45, 2.75) is 25.4 Å². The Kier molecular flexibility index (Phi) is 2.37. The second-order valence-electron chi connectivity index (χ2n) is 4.64. The molecule has 0 aliphatic heterocycles. The second-order valence-corrected chi connectivity index (χ2v) is 4.64. The number of aliphatic hydroxyl groups excluding tert-OH is 1. The number of fused-ring (bicyclic) bond motifs is 1. The smallest absolute Gasteiger partial charge is 0.0798 e. The van der Waals surface area contributed by atoms with E-state index >= 15 is 0 Å². The summed E-state index contributed by atoms with van der Waals surface area (Å²) in [7, 11) is 0. The highest BCUT2D eigenvalue weighted by Crippen LogP contribution is 2.38. The predicted molar refractivity (Wildman–Crippen MR) is 64.0 cm³/mol. The highest BCUT2D eigenvalue weighted by Gasteiger charge is 2.25. The third-order valence-electron chi connectivity index (χ3n) is 3.33. The van der Waals surface area contributed by atoms with Gasteiger partial charge in [-0.3, -0.25) is 4.98 Å². The summed E-state index contributed by atoms with van der Waals surface area (Å²) in [4.78, 5) is 4.10. The van der Waals surface area contributed by atoms with Crippen molar-refractivity contribution in [2.75, 3.05) is 0 Å². The molecule has 1 saturated carbocycles. The SMILES string of the molecule is OC(CC1CC1)c1cccc2cnccc12. The summed E-state index contributed by atoms with van der Waals surface area (Å²) in [6.07, 6.45) is 6.78. The van der Waals surface area contributed by atoms with Crippen molar-refractivity contribution in [2.24, 2.45) is 5.92 Å². The number of aromatic nitrogens is 1. The number of benzene rings is 1. The van der Waals surface area contributed by atoms with E-state index in [4.69, 9.17) is 0 Å². The Labute approximate surface area is 94.9 Å². The molecule has 0 amide bonds. The highest BCUT2D eigenvalue weighted by molar-refractivity contribution is 5.85. The molecule has 0 radical (unpaired) electrons. The van der Waals surface area contributed by atoms with Crippen LogP contribution in [0.3, 0.4) is 0 Å². The topological polar surface area (TPSA) is 33.1 Å². The fourth-order valence-corrected chi connectivity index (χ4v) is 2.23. The molecule has 0 bridgehead atoms. The van der Waals surface area contributed by atoms with Crippen LogP contribution < -0.4 is 0 Å². The number of hydrogen-bond donors (Lipinski definition) is 1. The zero-order chi connectivity index (χ0) is 11.0. The minimum absolute atomic E-state index is 0.321. The lowest BCUT2D eigenvalue weighted by Crippen LogP contribution is -1.99. The first-order chi connectivity index (χ1) is 7.84. The lowest BCUT2D eigenvalue weighted by Gasteiger charge is -2.12. The molecule has 1 unspecified atom stereocenters. The fraction of sp³-hybridized carbons (Fsp3) is 0.357. The zero-order valence-electron chi connectivity index (χ0n) is 9.13. The van der Waals surface area contributed by atoms with Gasteiger partial charge in [0.2, 0.25) is 0 Å². The molecule has 2 aromatic rings.